The second-order valence-electron chi connectivity index (χ2n) is 7.51. The predicted octanol–water partition coefficient (Wildman–Crippen LogP) is 5.66. The lowest BCUT2D eigenvalue weighted by Crippen LogP contribution is -2.35. The number of fused-ring (bicyclic) bond motifs is 1. The van der Waals surface area contributed by atoms with E-state index in [-0.39, 0.29) is 11.9 Å². The Hall–Kier alpha value is -2.68. The summed E-state index contributed by atoms with van der Waals surface area (Å²) < 4.78 is 0. The molecule has 27 heavy (non-hydrogen) atoms. The lowest BCUT2D eigenvalue weighted by atomic mass is 9.96. The van der Waals surface area contributed by atoms with Gasteiger partial charge in [0.15, 0.2) is 0 Å². The highest BCUT2D eigenvalue weighted by Crippen LogP contribution is 2.30. The van der Waals surface area contributed by atoms with E-state index in [2.05, 4.69) is 17.4 Å². The number of rotatable bonds is 3. The maximum Gasteiger partial charge on any atom is 0.252 e. The molecule has 1 N–H and O–H groups in total. The van der Waals surface area contributed by atoms with Gasteiger partial charge >= 0.3 is 0 Å². The summed E-state index contributed by atoms with van der Waals surface area (Å²) >= 11 is 0. The molecule has 1 heterocycles. The first-order chi connectivity index (χ1) is 13.2. The number of benzene rings is 2. The normalized spacial score (nSPS) is 15.4. The molecule has 3 nitrogen and oxygen atoms in total. The van der Waals surface area contributed by atoms with Gasteiger partial charge in [-0.3, -0.25) is 4.79 Å². The number of pyridine rings is 1. The number of para-hydroxylation sites is 1. The largest absolute Gasteiger partial charge is 0.349 e. The highest BCUT2D eigenvalue weighted by molar-refractivity contribution is 6.09. The third kappa shape index (κ3) is 3.73. The summed E-state index contributed by atoms with van der Waals surface area (Å²) in [5, 5.41) is 4.25. The first kappa shape index (κ1) is 17.7. The summed E-state index contributed by atoms with van der Waals surface area (Å²) in [5.74, 6) is 0.0372. The Morgan fingerprint density at radius 2 is 1.59 bits per heavy atom. The monoisotopic (exact) mass is 358 g/mol. The topological polar surface area (TPSA) is 42.0 Å². The maximum atomic E-state index is 13.3. The summed E-state index contributed by atoms with van der Waals surface area (Å²) in [4.78, 5) is 18.2. The predicted molar refractivity (Wildman–Crippen MR) is 111 cm³/mol. The molecule has 0 spiro atoms. The summed E-state index contributed by atoms with van der Waals surface area (Å²) in [6, 6.07) is 18.4. The molecule has 3 aromatic rings. The van der Waals surface area contributed by atoms with Gasteiger partial charge in [0, 0.05) is 17.0 Å². The quantitative estimate of drug-likeness (QED) is 0.614. The zero-order valence-electron chi connectivity index (χ0n) is 15.9. The number of aromatic nitrogens is 1. The van der Waals surface area contributed by atoms with Crippen LogP contribution in [0.25, 0.3) is 22.2 Å². The summed E-state index contributed by atoms with van der Waals surface area (Å²) in [5.41, 5.74) is 4.52. The Bertz CT molecular complexity index is 941. The molecule has 1 saturated carbocycles. The first-order valence-electron chi connectivity index (χ1n) is 9.99. The van der Waals surface area contributed by atoms with E-state index < -0.39 is 0 Å². The van der Waals surface area contributed by atoms with Gasteiger partial charge in [-0.05, 0) is 31.4 Å². The minimum absolute atomic E-state index is 0.0372. The molecule has 2 aromatic carbocycles. The van der Waals surface area contributed by atoms with Crippen molar-refractivity contribution in [2.24, 2.45) is 0 Å². The lowest BCUT2D eigenvalue weighted by molar-refractivity contribution is 0.0934. The molecular formula is C24H26N2O. The molecule has 3 heteroatoms. The zero-order valence-corrected chi connectivity index (χ0v) is 15.9. The molecule has 0 atom stereocenters. The van der Waals surface area contributed by atoms with Crippen molar-refractivity contribution in [2.45, 2.75) is 51.5 Å². The van der Waals surface area contributed by atoms with Gasteiger partial charge in [-0.1, -0.05) is 74.2 Å². The third-order valence-electron chi connectivity index (χ3n) is 5.60. The molecule has 0 saturated heterocycles. The van der Waals surface area contributed by atoms with E-state index in [0.717, 1.165) is 46.1 Å². The average Bonchev–Trinajstić information content (AvgIpc) is 2.96. The van der Waals surface area contributed by atoms with E-state index in [1.54, 1.807) is 0 Å². The van der Waals surface area contributed by atoms with E-state index in [9.17, 15) is 4.79 Å². The molecule has 0 bridgehead atoms. The van der Waals surface area contributed by atoms with Gasteiger partial charge < -0.3 is 5.32 Å². The number of hydrogen-bond donors (Lipinski definition) is 1. The summed E-state index contributed by atoms with van der Waals surface area (Å²) in [6.45, 7) is 2.02. The molecule has 1 aliphatic rings. The van der Waals surface area contributed by atoms with E-state index in [1.807, 2.05) is 49.4 Å². The van der Waals surface area contributed by atoms with Gasteiger partial charge in [0.05, 0.1) is 16.8 Å². The number of carbonyl (C=O) groups excluding carboxylic acids is 1. The van der Waals surface area contributed by atoms with Crippen molar-refractivity contribution in [3.8, 4) is 11.3 Å². The number of nitrogens with one attached hydrogen (secondary N) is 1. The number of amides is 1. The maximum absolute atomic E-state index is 13.3. The summed E-state index contributed by atoms with van der Waals surface area (Å²) in [6.07, 6.45) is 7.13. The van der Waals surface area contributed by atoms with Crippen LogP contribution >= 0.6 is 0 Å². The van der Waals surface area contributed by atoms with Crippen LogP contribution in [0.1, 0.15) is 54.4 Å². The highest BCUT2D eigenvalue weighted by atomic mass is 16.1. The molecule has 0 radical (unpaired) electrons. The molecule has 1 aromatic heterocycles. The van der Waals surface area contributed by atoms with Crippen molar-refractivity contribution < 1.29 is 4.79 Å². The second-order valence-corrected chi connectivity index (χ2v) is 7.51. The van der Waals surface area contributed by atoms with Crippen molar-refractivity contribution in [1.29, 1.82) is 0 Å². The fourth-order valence-corrected chi connectivity index (χ4v) is 4.16. The van der Waals surface area contributed by atoms with E-state index in [4.69, 9.17) is 4.98 Å². The second kappa shape index (κ2) is 7.91. The fourth-order valence-electron chi connectivity index (χ4n) is 4.16. The molecule has 0 aliphatic heterocycles. The zero-order chi connectivity index (χ0) is 18.6. The van der Waals surface area contributed by atoms with E-state index in [1.165, 1.54) is 25.7 Å². The molecule has 138 valence electrons. The van der Waals surface area contributed by atoms with Gasteiger partial charge in [-0.15, -0.1) is 0 Å². The number of nitrogens with zero attached hydrogens (tertiary/aromatic N) is 1. The smallest absolute Gasteiger partial charge is 0.252 e. The SMILES string of the molecule is Cc1c(-c2ccccc2)nc2ccccc2c1C(=O)NC1CCCCCC1. The molecule has 1 fully saturated rings. The Balaban J connectivity index is 1.78. The van der Waals surface area contributed by atoms with Crippen LogP contribution in [0, 0.1) is 6.92 Å². The Labute approximate surface area is 160 Å². The molecule has 4 rings (SSSR count). The van der Waals surface area contributed by atoms with Crippen molar-refractivity contribution in [3.05, 3.63) is 65.7 Å². The van der Waals surface area contributed by atoms with E-state index >= 15 is 0 Å². The van der Waals surface area contributed by atoms with Crippen LogP contribution in [-0.2, 0) is 0 Å². The van der Waals surface area contributed by atoms with Gasteiger partial charge in [0.2, 0.25) is 0 Å². The Morgan fingerprint density at radius 3 is 2.33 bits per heavy atom. The van der Waals surface area contributed by atoms with Crippen LogP contribution in [0.3, 0.4) is 0 Å². The Kier molecular flexibility index (Phi) is 5.19. The fraction of sp³-hybridized carbons (Fsp3) is 0.333. The van der Waals surface area contributed by atoms with Gasteiger partial charge in [-0.2, -0.15) is 0 Å². The molecule has 1 aliphatic carbocycles. The summed E-state index contributed by atoms with van der Waals surface area (Å²) in [7, 11) is 0. The number of hydrogen-bond acceptors (Lipinski definition) is 2. The average molecular weight is 358 g/mol. The standard InChI is InChI=1S/C24H26N2O/c1-17-22(24(27)25-19-13-7-2-3-8-14-19)20-15-9-10-16-21(20)26-23(17)18-11-5-4-6-12-18/h4-6,9-12,15-16,19H,2-3,7-8,13-14H2,1H3,(H,25,27). The van der Waals surface area contributed by atoms with Gasteiger partial charge in [0.25, 0.3) is 5.91 Å². The highest BCUT2D eigenvalue weighted by Gasteiger charge is 2.21. The van der Waals surface area contributed by atoms with Crippen LogP contribution < -0.4 is 5.32 Å². The van der Waals surface area contributed by atoms with Gasteiger partial charge in [0.1, 0.15) is 0 Å². The Morgan fingerprint density at radius 1 is 0.926 bits per heavy atom. The van der Waals surface area contributed by atoms with Crippen LogP contribution in [0.15, 0.2) is 54.6 Å². The van der Waals surface area contributed by atoms with E-state index in [0.29, 0.717) is 0 Å². The van der Waals surface area contributed by atoms with Crippen molar-refractivity contribution in [1.82, 2.24) is 10.3 Å². The van der Waals surface area contributed by atoms with Crippen LogP contribution in [0.4, 0.5) is 0 Å². The number of carbonyl (C=O) groups is 1. The third-order valence-corrected chi connectivity index (χ3v) is 5.60. The van der Waals surface area contributed by atoms with Crippen molar-refractivity contribution in [3.63, 3.8) is 0 Å². The minimum Gasteiger partial charge on any atom is -0.349 e. The minimum atomic E-state index is 0.0372. The first-order valence-corrected chi connectivity index (χ1v) is 9.99. The lowest BCUT2D eigenvalue weighted by Gasteiger charge is -2.19. The van der Waals surface area contributed by atoms with Crippen molar-refractivity contribution >= 4 is 16.8 Å². The molecule has 1 amide bonds. The van der Waals surface area contributed by atoms with Crippen LogP contribution in [0.5, 0.6) is 0 Å². The molecular weight excluding hydrogens is 332 g/mol. The van der Waals surface area contributed by atoms with Crippen LogP contribution in [-0.4, -0.2) is 16.9 Å². The van der Waals surface area contributed by atoms with Gasteiger partial charge in [-0.25, -0.2) is 4.98 Å². The van der Waals surface area contributed by atoms with Crippen LogP contribution in [0.2, 0.25) is 0 Å². The molecule has 0 unspecified atom stereocenters. The van der Waals surface area contributed by atoms with Crippen molar-refractivity contribution in [2.75, 3.05) is 0 Å².